The highest BCUT2D eigenvalue weighted by atomic mass is 16.5. The number of methoxy groups -OCH3 is 1. The lowest BCUT2D eigenvalue weighted by molar-refractivity contribution is -0.117. The molecule has 0 aliphatic carbocycles. The first-order chi connectivity index (χ1) is 14.3. The van der Waals surface area contributed by atoms with E-state index in [4.69, 9.17) is 9.47 Å². The van der Waals surface area contributed by atoms with Gasteiger partial charge in [-0.1, -0.05) is 48.5 Å². The molecule has 150 valence electrons. The number of nitrogens with one attached hydrogen (secondary N) is 1. The van der Waals surface area contributed by atoms with Gasteiger partial charge in [0.05, 0.1) is 20.2 Å². The second-order valence-corrected chi connectivity index (χ2v) is 6.50. The Morgan fingerprint density at radius 3 is 2.14 bits per heavy atom. The van der Waals surface area contributed by atoms with E-state index >= 15 is 0 Å². The number of nitrogens with zero attached hydrogens (tertiary/aromatic N) is 1. The van der Waals surface area contributed by atoms with Crippen molar-refractivity contribution in [2.24, 2.45) is 0 Å². The summed E-state index contributed by atoms with van der Waals surface area (Å²) < 4.78 is 10.8. The van der Waals surface area contributed by atoms with Crippen LogP contribution in [0.1, 0.15) is 5.56 Å². The van der Waals surface area contributed by atoms with Gasteiger partial charge in [0.25, 0.3) is 0 Å². The standard InChI is InChI=1S/C24H26N2O3/c1-28-22-12-14-23(15-13-22)29-17-16-25-18-24(27)26(21-10-6-3-7-11-21)19-20-8-4-2-5-9-20/h2-15,25H,16-19H2,1H3. The molecule has 5 nitrogen and oxygen atoms in total. The fraction of sp³-hybridized carbons (Fsp3) is 0.208. The number of benzene rings is 3. The zero-order valence-corrected chi connectivity index (χ0v) is 16.6. The van der Waals surface area contributed by atoms with E-state index in [1.54, 1.807) is 12.0 Å². The van der Waals surface area contributed by atoms with Crippen molar-refractivity contribution in [3.8, 4) is 11.5 Å². The molecule has 0 aliphatic heterocycles. The Morgan fingerprint density at radius 2 is 1.48 bits per heavy atom. The molecule has 3 aromatic rings. The van der Waals surface area contributed by atoms with Crippen molar-refractivity contribution < 1.29 is 14.3 Å². The molecule has 1 N–H and O–H groups in total. The Bertz CT molecular complexity index is 868. The van der Waals surface area contributed by atoms with Crippen LogP contribution in [0.25, 0.3) is 0 Å². The van der Waals surface area contributed by atoms with E-state index in [1.165, 1.54) is 0 Å². The van der Waals surface area contributed by atoms with Crippen molar-refractivity contribution in [3.05, 3.63) is 90.5 Å². The molecule has 0 heterocycles. The molecule has 3 rings (SSSR count). The van der Waals surface area contributed by atoms with Crippen LogP contribution < -0.4 is 19.7 Å². The molecule has 0 bridgehead atoms. The predicted molar refractivity (Wildman–Crippen MR) is 115 cm³/mol. The number of rotatable bonds is 10. The van der Waals surface area contributed by atoms with Crippen molar-refractivity contribution in [2.75, 3.05) is 31.7 Å². The van der Waals surface area contributed by atoms with E-state index in [1.807, 2.05) is 84.9 Å². The monoisotopic (exact) mass is 390 g/mol. The molecule has 0 saturated heterocycles. The van der Waals surface area contributed by atoms with Crippen LogP contribution in [0.2, 0.25) is 0 Å². The lowest BCUT2D eigenvalue weighted by Crippen LogP contribution is -2.39. The van der Waals surface area contributed by atoms with Crippen LogP contribution in [0.4, 0.5) is 5.69 Å². The number of amides is 1. The second-order valence-electron chi connectivity index (χ2n) is 6.50. The highest BCUT2D eigenvalue weighted by molar-refractivity contribution is 5.94. The topological polar surface area (TPSA) is 50.8 Å². The van der Waals surface area contributed by atoms with Gasteiger partial charge >= 0.3 is 0 Å². The lowest BCUT2D eigenvalue weighted by Gasteiger charge is -2.23. The maximum atomic E-state index is 12.9. The molecule has 29 heavy (non-hydrogen) atoms. The average molecular weight is 390 g/mol. The first-order valence-electron chi connectivity index (χ1n) is 9.63. The van der Waals surface area contributed by atoms with Crippen LogP contribution in [0.5, 0.6) is 11.5 Å². The zero-order valence-electron chi connectivity index (χ0n) is 16.6. The molecule has 0 atom stereocenters. The van der Waals surface area contributed by atoms with Gasteiger partial charge in [-0.25, -0.2) is 0 Å². The average Bonchev–Trinajstić information content (AvgIpc) is 2.79. The van der Waals surface area contributed by atoms with E-state index in [0.717, 1.165) is 22.7 Å². The maximum Gasteiger partial charge on any atom is 0.241 e. The zero-order chi connectivity index (χ0) is 20.3. The van der Waals surface area contributed by atoms with Gasteiger partial charge in [-0.15, -0.1) is 0 Å². The second kappa shape index (κ2) is 10.9. The quantitative estimate of drug-likeness (QED) is 0.534. The summed E-state index contributed by atoms with van der Waals surface area (Å²) in [7, 11) is 1.63. The summed E-state index contributed by atoms with van der Waals surface area (Å²) in [5.74, 6) is 1.58. The summed E-state index contributed by atoms with van der Waals surface area (Å²) >= 11 is 0. The molecule has 3 aromatic carbocycles. The minimum absolute atomic E-state index is 0.0181. The van der Waals surface area contributed by atoms with Crippen molar-refractivity contribution in [1.82, 2.24) is 5.32 Å². The van der Waals surface area contributed by atoms with Crippen LogP contribution in [-0.2, 0) is 11.3 Å². The Balaban J connectivity index is 1.50. The third-order valence-corrected chi connectivity index (χ3v) is 4.44. The molecular weight excluding hydrogens is 364 g/mol. The minimum Gasteiger partial charge on any atom is -0.497 e. The number of carbonyl (C=O) groups excluding carboxylic acids is 1. The fourth-order valence-corrected chi connectivity index (χ4v) is 2.90. The van der Waals surface area contributed by atoms with Crippen LogP contribution in [0.3, 0.4) is 0 Å². The summed E-state index contributed by atoms with van der Waals surface area (Å²) in [6.07, 6.45) is 0. The van der Waals surface area contributed by atoms with E-state index in [9.17, 15) is 4.79 Å². The first kappa shape index (κ1) is 20.4. The Morgan fingerprint density at radius 1 is 0.862 bits per heavy atom. The van der Waals surface area contributed by atoms with Crippen LogP contribution in [0.15, 0.2) is 84.9 Å². The van der Waals surface area contributed by atoms with E-state index in [2.05, 4.69) is 5.32 Å². The molecule has 5 heteroatoms. The van der Waals surface area contributed by atoms with E-state index < -0.39 is 0 Å². The minimum atomic E-state index is 0.0181. The largest absolute Gasteiger partial charge is 0.497 e. The summed E-state index contributed by atoms with van der Waals surface area (Å²) in [5, 5.41) is 3.17. The third-order valence-electron chi connectivity index (χ3n) is 4.44. The molecule has 0 fully saturated rings. The number of para-hydroxylation sites is 1. The van der Waals surface area contributed by atoms with Crippen molar-refractivity contribution >= 4 is 11.6 Å². The molecule has 0 aromatic heterocycles. The van der Waals surface area contributed by atoms with Gasteiger partial charge in [0.1, 0.15) is 18.1 Å². The molecule has 0 radical (unpaired) electrons. The number of carbonyl (C=O) groups is 1. The maximum absolute atomic E-state index is 12.9. The normalized spacial score (nSPS) is 10.4. The summed E-state index contributed by atoms with van der Waals surface area (Å²) in [6, 6.07) is 27.2. The molecule has 0 spiro atoms. The summed E-state index contributed by atoms with van der Waals surface area (Å²) in [4.78, 5) is 14.7. The van der Waals surface area contributed by atoms with Gasteiger partial charge in [-0.05, 0) is 42.0 Å². The van der Waals surface area contributed by atoms with Crippen LogP contribution >= 0.6 is 0 Å². The highest BCUT2D eigenvalue weighted by Crippen LogP contribution is 2.18. The van der Waals surface area contributed by atoms with Crippen molar-refractivity contribution in [3.63, 3.8) is 0 Å². The van der Waals surface area contributed by atoms with Gasteiger partial charge in [0, 0.05) is 12.2 Å². The van der Waals surface area contributed by atoms with Crippen LogP contribution in [0, 0.1) is 0 Å². The number of anilines is 1. The third kappa shape index (κ3) is 6.36. The molecule has 0 saturated carbocycles. The Hall–Kier alpha value is -3.31. The van der Waals surface area contributed by atoms with Gasteiger partial charge in [-0.3, -0.25) is 4.79 Å². The Kier molecular flexibility index (Phi) is 7.66. The summed E-state index contributed by atoms with van der Waals surface area (Å²) in [5.41, 5.74) is 1.98. The van der Waals surface area contributed by atoms with Crippen LogP contribution in [-0.4, -0.2) is 32.7 Å². The van der Waals surface area contributed by atoms with Crippen molar-refractivity contribution in [2.45, 2.75) is 6.54 Å². The SMILES string of the molecule is COc1ccc(OCCNCC(=O)N(Cc2ccccc2)c2ccccc2)cc1. The number of hydrogen-bond acceptors (Lipinski definition) is 4. The van der Waals surface area contributed by atoms with Gasteiger partial charge < -0.3 is 19.7 Å². The van der Waals surface area contributed by atoms with Gasteiger partial charge in [-0.2, -0.15) is 0 Å². The first-order valence-corrected chi connectivity index (χ1v) is 9.63. The lowest BCUT2D eigenvalue weighted by atomic mass is 10.2. The van der Waals surface area contributed by atoms with Crippen molar-refractivity contribution in [1.29, 1.82) is 0 Å². The van der Waals surface area contributed by atoms with Gasteiger partial charge in [0.15, 0.2) is 0 Å². The number of hydrogen-bond donors (Lipinski definition) is 1. The van der Waals surface area contributed by atoms with Gasteiger partial charge in [0.2, 0.25) is 5.91 Å². The fourth-order valence-electron chi connectivity index (χ4n) is 2.90. The molecule has 1 amide bonds. The predicted octanol–water partition coefficient (Wildman–Crippen LogP) is 3.90. The Labute approximate surface area is 171 Å². The highest BCUT2D eigenvalue weighted by Gasteiger charge is 2.15. The van der Waals surface area contributed by atoms with E-state index in [-0.39, 0.29) is 12.5 Å². The molecule has 0 aliphatic rings. The molecular formula is C24H26N2O3. The number of ether oxygens (including phenoxy) is 2. The summed E-state index contributed by atoms with van der Waals surface area (Å²) in [6.45, 7) is 1.83. The molecule has 0 unspecified atom stereocenters. The van der Waals surface area contributed by atoms with E-state index in [0.29, 0.717) is 19.7 Å². The smallest absolute Gasteiger partial charge is 0.241 e.